The van der Waals surface area contributed by atoms with E-state index in [1.165, 1.54) is 0 Å². The highest BCUT2D eigenvalue weighted by Crippen LogP contribution is 2.26. The maximum absolute atomic E-state index is 13.1. The molecule has 8 heteroatoms. The molecule has 0 saturated carbocycles. The molecule has 0 radical (unpaired) electrons. The predicted octanol–water partition coefficient (Wildman–Crippen LogP) is 3.94. The van der Waals surface area contributed by atoms with E-state index in [2.05, 4.69) is 14.8 Å². The van der Waals surface area contributed by atoms with Gasteiger partial charge in [-0.15, -0.1) is 0 Å². The Kier molecular flexibility index (Phi) is 5.56. The van der Waals surface area contributed by atoms with E-state index in [9.17, 15) is 13.2 Å². The van der Waals surface area contributed by atoms with Gasteiger partial charge in [-0.3, -0.25) is 4.79 Å². The first-order chi connectivity index (χ1) is 14.9. The summed E-state index contributed by atoms with van der Waals surface area (Å²) in [5.41, 5.74) is 2.74. The van der Waals surface area contributed by atoms with Gasteiger partial charge >= 0.3 is 0 Å². The molecule has 1 N–H and O–H groups in total. The third-order valence-corrected chi connectivity index (χ3v) is 6.87. The van der Waals surface area contributed by atoms with E-state index in [4.69, 9.17) is 0 Å². The molecule has 2 heterocycles. The van der Waals surface area contributed by atoms with Gasteiger partial charge in [0.2, 0.25) is 10.0 Å². The van der Waals surface area contributed by atoms with Crippen LogP contribution < -0.4 is 4.72 Å². The molecule has 0 aliphatic rings. The largest absolute Gasteiger partial charge is 0.268 e. The maximum Gasteiger partial charge on any atom is 0.265 e. The number of aromatic nitrogens is 3. The molecule has 0 fully saturated rings. The molecule has 31 heavy (non-hydrogen) atoms. The minimum Gasteiger partial charge on any atom is -0.268 e. The third kappa shape index (κ3) is 4.06. The lowest BCUT2D eigenvalue weighted by molar-refractivity contribution is 0.0982. The molecule has 4 aromatic rings. The molecule has 4 rings (SSSR count). The van der Waals surface area contributed by atoms with E-state index >= 15 is 0 Å². The average Bonchev–Trinajstić information content (AvgIpc) is 3.21. The van der Waals surface area contributed by atoms with Gasteiger partial charge < -0.3 is 0 Å². The molecule has 0 spiro atoms. The van der Waals surface area contributed by atoms with E-state index in [0.29, 0.717) is 28.8 Å². The zero-order valence-electron chi connectivity index (χ0n) is 17.2. The summed E-state index contributed by atoms with van der Waals surface area (Å²) in [6.45, 7) is 4.05. The summed E-state index contributed by atoms with van der Waals surface area (Å²) in [5, 5.41) is 3.91. The van der Waals surface area contributed by atoms with Crippen LogP contribution in [0.4, 0.5) is 0 Å². The van der Waals surface area contributed by atoms with Crippen LogP contribution in [-0.2, 0) is 16.6 Å². The van der Waals surface area contributed by atoms with Crippen LogP contribution >= 0.6 is 0 Å². The van der Waals surface area contributed by atoms with Gasteiger partial charge in [0, 0.05) is 12.1 Å². The molecule has 0 aliphatic carbocycles. The molecule has 0 aliphatic heterocycles. The van der Waals surface area contributed by atoms with Crippen molar-refractivity contribution in [2.24, 2.45) is 0 Å². The fourth-order valence-corrected chi connectivity index (χ4v) is 4.46. The second kappa shape index (κ2) is 8.31. The van der Waals surface area contributed by atoms with Crippen molar-refractivity contribution in [3.05, 3.63) is 84.1 Å². The molecule has 1 atom stereocenters. The highest BCUT2D eigenvalue weighted by molar-refractivity contribution is 7.90. The van der Waals surface area contributed by atoms with Crippen molar-refractivity contribution < 1.29 is 13.2 Å². The standard InChI is InChI=1S/C23H22N4O3S/c1-3-27-22-20(15-24-27)19(14-21(25-22)18-12-8-5-9-13-18)23(28)26-31(29,30)16(2)17-10-6-4-7-11-17/h4-16H,3H2,1-2H3,(H,26,28). The normalized spacial score (nSPS) is 12.6. The molecular formula is C23H22N4O3S. The zero-order chi connectivity index (χ0) is 22.0. The average molecular weight is 435 g/mol. The van der Waals surface area contributed by atoms with Gasteiger partial charge in [0.1, 0.15) is 5.25 Å². The fraction of sp³-hybridized carbons (Fsp3) is 0.174. The quantitative estimate of drug-likeness (QED) is 0.496. The Bertz CT molecular complexity index is 1330. The second-order valence-corrected chi connectivity index (χ2v) is 9.15. The minimum absolute atomic E-state index is 0.215. The van der Waals surface area contributed by atoms with E-state index in [1.807, 2.05) is 43.3 Å². The lowest BCUT2D eigenvalue weighted by Gasteiger charge is -2.15. The number of benzene rings is 2. The van der Waals surface area contributed by atoms with Gasteiger partial charge in [0.05, 0.1) is 22.8 Å². The predicted molar refractivity (Wildman–Crippen MR) is 120 cm³/mol. The molecule has 0 bridgehead atoms. The molecule has 158 valence electrons. The number of amides is 1. The van der Waals surface area contributed by atoms with Gasteiger partial charge in [-0.2, -0.15) is 5.10 Å². The third-order valence-electron chi connectivity index (χ3n) is 5.19. The van der Waals surface area contributed by atoms with Crippen molar-refractivity contribution >= 4 is 27.0 Å². The minimum atomic E-state index is -3.95. The highest BCUT2D eigenvalue weighted by Gasteiger charge is 2.27. The summed E-state index contributed by atoms with van der Waals surface area (Å²) >= 11 is 0. The van der Waals surface area contributed by atoms with Gasteiger partial charge in [0.25, 0.3) is 5.91 Å². The smallest absolute Gasteiger partial charge is 0.265 e. The Morgan fingerprint density at radius 1 is 1.06 bits per heavy atom. The van der Waals surface area contributed by atoms with Crippen LogP contribution in [0.1, 0.15) is 35.0 Å². The maximum atomic E-state index is 13.1. The van der Waals surface area contributed by atoms with Crippen molar-refractivity contribution in [3.8, 4) is 11.3 Å². The van der Waals surface area contributed by atoms with Crippen molar-refractivity contribution in [1.82, 2.24) is 19.5 Å². The summed E-state index contributed by atoms with van der Waals surface area (Å²) < 4.78 is 29.7. The summed E-state index contributed by atoms with van der Waals surface area (Å²) in [7, 11) is -3.95. The van der Waals surface area contributed by atoms with E-state index in [1.54, 1.807) is 48.1 Å². The van der Waals surface area contributed by atoms with Gasteiger partial charge in [0.15, 0.2) is 5.65 Å². The Hall–Kier alpha value is -3.52. The Morgan fingerprint density at radius 2 is 1.71 bits per heavy atom. The first kappa shape index (κ1) is 20.7. The number of carbonyl (C=O) groups is 1. The summed E-state index contributed by atoms with van der Waals surface area (Å²) in [6.07, 6.45) is 1.54. The first-order valence-electron chi connectivity index (χ1n) is 9.93. The number of rotatable bonds is 6. The van der Waals surface area contributed by atoms with Crippen LogP contribution in [0.25, 0.3) is 22.3 Å². The molecule has 0 saturated heterocycles. The number of hydrogen-bond donors (Lipinski definition) is 1. The molecule has 2 aromatic heterocycles. The SMILES string of the molecule is CCn1ncc2c(C(=O)NS(=O)(=O)C(C)c3ccccc3)cc(-c3ccccc3)nc21. The highest BCUT2D eigenvalue weighted by atomic mass is 32.2. The number of nitrogens with zero attached hydrogens (tertiary/aromatic N) is 3. The number of hydrogen-bond acceptors (Lipinski definition) is 5. The number of pyridine rings is 1. The summed E-state index contributed by atoms with van der Waals surface area (Å²) in [4.78, 5) is 17.8. The van der Waals surface area contributed by atoms with E-state index in [0.717, 1.165) is 5.56 Å². The van der Waals surface area contributed by atoms with Crippen molar-refractivity contribution in [1.29, 1.82) is 0 Å². The molecule has 2 aromatic carbocycles. The monoisotopic (exact) mass is 434 g/mol. The van der Waals surface area contributed by atoms with Crippen molar-refractivity contribution in [2.45, 2.75) is 25.6 Å². The fourth-order valence-electron chi connectivity index (χ4n) is 3.40. The van der Waals surface area contributed by atoms with Crippen LogP contribution in [0.5, 0.6) is 0 Å². The Labute approximate surface area is 180 Å². The lowest BCUT2D eigenvalue weighted by Crippen LogP contribution is -2.33. The van der Waals surface area contributed by atoms with Crippen LogP contribution in [0.15, 0.2) is 72.9 Å². The Morgan fingerprint density at radius 3 is 2.35 bits per heavy atom. The molecule has 1 unspecified atom stereocenters. The summed E-state index contributed by atoms with van der Waals surface area (Å²) in [6, 6.07) is 19.8. The van der Waals surface area contributed by atoms with Crippen LogP contribution in [0.3, 0.4) is 0 Å². The number of fused-ring (bicyclic) bond motifs is 1. The van der Waals surface area contributed by atoms with E-state index < -0.39 is 21.2 Å². The lowest BCUT2D eigenvalue weighted by atomic mass is 10.1. The van der Waals surface area contributed by atoms with Crippen molar-refractivity contribution in [3.63, 3.8) is 0 Å². The number of nitrogens with one attached hydrogen (secondary N) is 1. The summed E-state index contributed by atoms with van der Waals surface area (Å²) in [5.74, 6) is -0.706. The van der Waals surface area contributed by atoms with Crippen molar-refractivity contribution in [2.75, 3.05) is 0 Å². The van der Waals surface area contributed by atoms with Crippen LogP contribution in [0, 0.1) is 0 Å². The zero-order valence-corrected chi connectivity index (χ0v) is 18.0. The van der Waals surface area contributed by atoms with E-state index in [-0.39, 0.29) is 5.56 Å². The van der Waals surface area contributed by atoms with Gasteiger partial charge in [-0.1, -0.05) is 60.7 Å². The topological polar surface area (TPSA) is 94.0 Å². The number of carbonyl (C=O) groups excluding carboxylic acids is 1. The van der Waals surface area contributed by atoms with Crippen LogP contribution in [-0.4, -0.2) is 29.1 Å². The number of sulfonamides is 1. The van der Waals surface area contributed by atoms with Crippen LogP contribution in [0.2, 0.25) is 0 Å². The molecule has 7 nitrogen and oxygen atoms in total. The van der Waals surface area contributed by atoms with Gasteiger partial charge in [-0.25, -0.2) is 22.8 Å². The second-order valence-electron chi connectivity index (χ2n) is 7.15. The number of aryl methyl sites for hydroxylation is 1. The molecule has 1 amide bonds. The first-order valence-corrected chi connectivity index (χ1v) is 11.5. The van der Waals surface area contributed by atoms with Gasteiger partial charge in [-0.05, 0) is 25.5 Å². The Balaban J connectivity index is 1.76. The molecular weight excluding hydrogens is 412 g/mol.